The Labute approximate surface area is 113 Å². The van der Waals surface area contributed by atoms with Crippen LogP contribution in [0.15, 0.2) is 47.4 Å². The van der Waals surface area contributed by atoms with Crippen LogP contribution in [0.3, 0.4) is 0 Å². The largest absolute Gasteiger partial charge is 0.399 e. The molecule has 0 heterocycles. The van der Waals surface area contributed by atoms with Crippen LogP contribution in [-0.4, -0.2) is 8.42 Å². The second-order valence-electron chi connectivity index (χ2n) is 4.49. The zero-order valence-electron chi connectivity index (χ0n) is 10.8. The second kappa shape index (κ2) is 4.93. The number of nitrogens with one attached hydrogen (secondary N) is 1. The molecule has 0 atom stereocenters. The molecule has 0 aliphatic carbocycles. The van der Waals surface area contributed by atoms with Gasteiger partial charge in [-0.1, -0.05) is 12.1 Å². The Bertz CT molecular complexity index is 692. The van der Waals surface area contributed by atoms with Gasteiger partial charge in [-0.3, -0.25) is 4.72 Å². The average molecular weight is 276 g/mol. The predicted octanol–water partition coefficient (Wildman–Crippen LogP) is 2.69. The molecule has 100 valence electrons. The van der Waals surface area contributed by atoms with Crippen molar-refractivity contribution in [1.82, 2.24) is 0 Å². The lowest BCUT2D eigenvalue weighted by Crippen LogP contribution is -2.13. The van der Waals surface area contributed by atoms with E-state index in [1.165, 1.54) is 12.1 Å². The molecule has 0 saturated heterocycles. The fourth-order valence-electron chi connectivity index (χ4n) is 1.70. The summed E-state index contributed by atoms with van der Waals surface area (Å²) in [6.45, 7) is 3.78. The van der Waals surface area contributed by atoms with E-state index in [-0.39, 0.29) is 4.90 Å². The van der Waals surface area contributed by atoms with Crippen molar-refractivity contribution in [1.29, 1.82) is 0 Å². The van der Waals surface area contributed by atoms with Crippen molar-refractivity contribution in [2.75, 3.05) is 10.5 Å². The van der Waals surface area contributed by atoms with Crippen LogP contribution < -0.4 is 10.5 Å². The molecule has 0 aromatic heterocycles. The van der Waals surface area contributed by atoms with E-state index >= 15 is 0 Å². The summed E-state index contributed by atoms with van der Waals surface area (Å²) in [5, 5.41) is 0. The monoisotopic (exact) mass is 276 g/mol. The lowest BCUT2D eigenvalue weighted by Gasteiger charge is -2.11. The second-order valence-corrected chi connectivity index (χ2v) is 6.18. The van der Waals surface area contributed by atoms with E-state index in [1.54, 1.807) is 12.1 Å². The molecule has 0 spiro atoms. The van der Waals surface area contributed by atoms with E-state index in [9.17, 15) is 8.42 Å². The first-order valence-electron chi connectivity index (χ1n) is 5.84. The number of nitrogen functional groups attached to an aromatic ring is 1. The third-order valence-corrected chi connectivity index (χ3v) is 4.21. The van der Waals surface area contributed by atoms with Gasteiger partial charge in [0.2, 0.25) is 0 Å². The highest BCUT2D eigenvalue weighted by molar-refractivity contribution is 7.92. The molecule has 5 heteroatoms. The maximum atomic E-state index is 12.2. The summed E-state index contributed by atoms with van der Waals surface area (Å²) in [5.74, 6) is 0. The van der Waals surface area contributed by atoms with Gasteiger partial charge >= 0.3 is 0 Å². The van der Waals surface area contributed by atoms with Crippen molar-refractivity contribution in [2.45, 2.75) is 18.7 Å². The average Bonchev–Trinajstić information content (AvgIpc) is 2.34. The first-order chi connectivity index (χ1) is 8.88. The van der Waals surface area contributed by atoms with Crippen molar-refractivity contribution in [3.63, 3.8) is 0 Å². The minimum atomic E-state index is -3.57. The normalized spacial score (nSPS) is 11.3. The Morgan fingerprint density at radius 1 is 1.00 bits per heavy atom. The molecular weight excluding hydrogens is 260 g/mol. The van der Waals surface area contributed by atoms with Gasteiger partial charge in [-0.05, 0) is 55.3 Å². The van der Waals surface area contributed by atoms with E-state index in [0.717, 1.165) is 11.1 Å². The molecule has 0 aliphatic rings. The molecule has 2 aromatic carbocycles. The summed E-state index contributed by atoms with van der Waals surface area (Å²) < 4.78 is 27.0. The lowest BCUT2D eigenvalue weighted by molar-refractivity contribution is 0.601. The van der Waals surface area contributed by atoms with Crippen molar-refractivity contribution in [2.24, 2.45) is 0 Å². The maximum absolute atomic E-state index is 12.2. The summed E-state index contributed by atoms with van der Waals surface area (Å²) >= 11 is 0. The van der Waals surface area contributed by atoms with Gasteiger partial charge < -0.3 is 5.73 Å². The van der Waals surface area contributed by atoms with Gasteiger partial charge in [-0.25, -0.2) is 8.42 Å². The van der Waals surface area contributed by atoms with Gasteiger partial charge in [0.05, 0.1) is 10.6 Å². The maximum Gasteiger partial charge on any atom is 0.261 e. The molecule has 0 bridgehead atoms. The topological polar surface area (TPSA) is 72.2 Å². The first-order valence-corrected chi connectivity index (χ1v) is 7.32. The minimum Gasteiger partial charge on any atom is -0.399 e. The molecule has 2 aromatic rings. The highest BCUT2D eigenvalue weighted by Gasteiger charge is 2.14. The quantitative estimate of drug-likeness (QED) is 0.847. The van der Waals surface area contributed by atoms with Crippen LogP contribution in [0.4, 0.5) is 11.4 Å². The molecule has 4 nitrogen and oxygen atoms in total. The highest BCUT2D eigenvalue weighted by Crippen LogP contribution is 2.21. The highest BCUT2D eigenvalue weighted by atomic mass is 32.2. The molecule has 0 fully saturated rings. The number of sulfonamides is 1. The first kappa shape index (κ1) is 13.4. The van der Waals surface area contributed by atoms with E-state index in [4.69, 9.17) is 5.73 Å². The molecule has 19 heavy (non-hydrogen) atoms. The van der Waals surface area contributed by atoms with Gasteiger partial charge in [-0.2, -0.15) is 0 Å². The number of hydrogen-bond donors (Lipinski definition) is 2. The van der Waals surface area contributed by atoms with Crippen LogP contribution >= 0.6 is 0 Å². The molecule has 0 saturated carbocycles. The number of benzene rings is 2. The van der Waals surface area contributed by atoms with Crippen LogP contribution in [-0.2, 0) is 10.0 Å². The third-order valence-electron chi connectivity index (χ3n) is 2.83. The molecule has 0 aliphatic heterocycles. The van der Waals surface area contributed by atoms with Crippen LogP contribution in [0.1, 0.15) is 11.1 Å². The standard InChI is InChI=1S/C14H16N2O2S/c1-10-3-4-11(2)14(9-10)16-19(17,18)13-7-5-12(15)6-8-13/h3-9,16H,15H2,1-2H3. The van der Waals surface area contributed by atoms with E-state index in [2.05, 4.69) is 4.72 Å². The molecule has 3 N–H and O–H groups in total. The molecule has 0 unspecified atom stereocenters. The fraction of sp³-hybridized carbons (Fsp3) is 0.143. The van der Waals surface area contributed by atoms with E-state index in [1.807, 2.05) is 32.0 Å². The summed E-state index contributed by atoms with van der Waals surface area (Å²) in [6.07, 6.45) is 0. The van der Waals surface area contributed by atoms with Crippen molar-refractivity contribution in [3.8, 4) is 0 Å². The van der Waals surface area contributed by atoms with Gasteiger partial charge in [0.25, 0.3) is 10.0 Å². The Hall–Kier alpha value is -2.01. The van der Waals surface area contributed by atoms with Crippen LogP contribution in [0, 0.1) is 13.8 Å². The predicted molar refractivity (Wildman–Crippen MR) is 77.6 cm³/mol. The summed E-state index contributed by atoms with van der Waals surface area (Å²) in [7, 11) is -3.57. The number of anilines is 2. The SMILES string of the molecule is Cc1ccc(C)c(NS(=O)(=O)c2ccc(N)cc2)c1. The molecule has 2 rings (SSSR count). The van der Waals surface area contributed by atoms with Crippen LogP contribution in [0.2, 0.25) is 0 Å². The molecular formula is C14H16N2O2S. The lowest BCUT2D eigenvalue weighted by atomic mass is 10.1. The van der Waals surface area contributed by atoms with Gasteiger partial charge in [0.1, 0.15) is 0 Å². The third kappa shape index (κ3) is 3.06. The summed E-state index contributed by atoms with van der Waals surface area (Å²) in [6, 6.07) is 11.7. The number of hydrogen-bond acceptors (Lipinski definition) is 3. The number of aryl methyl sites for hydroxylation is 2. The zero-order chi connectivity index (χ0) is 14.0. The number of rotatable bonds is 3. The van der Waals surface area contributed by atoms with E-state index in [0.29, 0.717) is 11.4 Å². The smallest absolute Gasteiger partial charge is 0.261 e. The molecule has 0 amide bonds. The fourth-order valence-corrected chi connectivity index (χ4v) is 2.82. The van der Waals surface area contributed by atoms with Crippen molar-refractivity contribution < 1.29 is 8.42 Å². The number of nitrogens with two attached hydrogens (primary N) is 1. The molecule has 0 radical (unpaired) electrons. The zero-order valence-corrected chi connectivity index (χ0v) is 11.7. The van der Waals surface area contributed by atoms with E-state index < -0.39 is 10.0 Å². The van der Waals surface area contributed by atoms with Gasteiger partial charge in [-0.15, -0.1) is 0 Å². The Morgan fingerprint density at radius 3 is 2.26 bits per heavy atom. The van der Waals surface area contributed by atoms with Gasteiger partial charge in [0.15, 0.2) is 0 Å². The van der Waals surface area contributed by atoms with Gasteiger partial charge in [0, 0.05) is 5.69 Å². The Kier molecular flexibility index (Phi) is 3.48. The van der Waals surface area contributed by atoms with Crippen molar-refractivity contribution in [3.05, 3.63) is 53.6 Å². The van der Waals surface area contributed by atoms with Crippen molar-refractivity contribution >= 4 is 21.4 Å². The minimum absolute atomic E-state index is 0.197. The Balaban J connectivity index is 2.36. The van der Waals surface area contributed by atoms with Crippen LogP contribution in [0.25, 0.3) is 0 Å². The Morgan fingerprint density at radius 2 is 1.63 bits per heavy atom. The van der Waals surface area contributed by atoms with Crippen LogP contribution in [0.5, 0.6) is 0 Å². The summed E-state index contributed by atoms with van der Waals surface area (Å²) in [5.41, 5.74) is 8.56. The summed E-state index contributed by atoms with van der Waals surface area (Å²) in [4.78, 5) is 0.197.